The summed E-state index contributed by atoms with van der Waals surface area (Å²) in [5.41, 5.74) is 2.12. The highest BCUT2D eigenvalue weighted by atomic mass is 35.5. The molecule has 9 heteroatoms. The van der Waals surface area contributed by atoms with Gasteiger partial charge in [-0.3, -0.25) is 14.9 Å². The maximum absolute atomic E-state index is 13.1. The molecule has 3 aromatic carbocycles. The van der Waals surface area contributed by atoms with E-state index < -0.39 is 17.8 Å². The number of benzene rings is 3. The molecule has 0 unspecified atom stereocenters. The molecule has 0 atom stereocenters. The van der Waals surface area contributed by atoms with Gasteiger partial charge in [0.1, 0.15) is 17.9 Å². The molecule has 1 aliphatic rings. The topological polar surface area (TPSA) is 75.7 Å². The minimum Gasteiger partial charge on any atom is -0.487 e. The molecule has 1 aliphatic heterocycles. The molecule has 1 saturated heterocycles. The fourth-order valence-corrected chi connectivity index (χ4v) is 3.87. The van der Waals surface area contributed by atoms with E-state index in [-0.39, 0.29) is 17.9 Å². The third kappa shape index (κ3) is 5.09. The van der Waals surface area contributed by atoms with Crippen molar-refractivity contribution >= 4 is 64.4 Å². The summed E-state index contributed by atoms with van der Waals surface area (Å²) in [6.45, 7) is 2.02. The smallest absolute Gasteiger partial charge is 0.335 e. The van der Waals surface area contributed by atoms with Crippen molar-refractivity contribution < 1.29 is 19.1 Å². The van der Waals surface area contributed by atoms with Crippen LogP contribution < -0.4 is 15.0 Å². The monoisotopic (exact) mass is 514 g/mol. The third-order valence-electron chi connectivity index (χ3n) is 5.09. The number of barbiturate groups is 1. The summed E-state index contributed by atoms with van der Waals surface area (Å²) in [6, 6.07) is 16.1. The molecule has 172 valence electrons. The van der Waals surface area contributed by atoms with E-state index in [1.54, 1.807) is 49.4 Å². The summed E-state index contributed by atoms with van der Waals surface area (Å²) in [7, 11) is 0. The lowest BCUT2D eigenvalue weighted by molar-refractivity contribution is -0.122. The van der Waals surface area contributed by atoms with Crippen molar-refractivity contribution in [1.29, 1.82) is 0 Å². The molecule has 0 aromatic heterocycles. The molecule has 4 amide bonds. The third-order valence-corrected chi connectivity index (χ3v) is 5.87. The molecule has 1 heterocycles. The van der Waals surface area contributed by atoms with E-state index in [2.05, 4.69) is 5.32 Å². The average Bonchev–Trinajstić information content (AvgIpc) is 2.79. The number of halogens is 3. The van der Waals surface area contributed by atoms with Crippen molar-refractivity contribution in [2.75, 3.05) is 4.90 Å². The quantitative estimate of drug-likeness (QED) is 0.324. The Hall–Kier alpha value is -3.32. The Morgan fingerprint density at radius 2 is 1.62 bits per heavy atom. The van der Waals surface area contributed by atoms with Gasteiger partial charge in [0.25, 0.3) is 11.8 Å². The van der Waals surface area contributed by atoms with Gasteiger partial charge >= 0.3 is 6.03 Å². The maximum Gasteiger partial charge on any atom is 0.335 e. The maximum atomic E-state index is 13.1. The summed E-state index contributed by atoms with van der Waals surface area (Å²) < 4.78 is 5.76. The summed E-state index contributed by atoms with van der Waals surface area (Å²) in [6.07, 6.45) is 1.37. The van der Waals surface area contributed by atoms with Gasteiger partial charge in [0.15, 0.2) is 0 Å². The van der Waals surface area contributed by atoms with Crippen LogP contribution in [0.25, 0.3) is 6.08 Å². The Balaban J connectivity index is 1.58. The number of nitrogens with zero attached hydrogens (tertiary/aromatic N) is 1. The van der Waals surface area contributed by atoms with Gasteiger partial charge in [0, 0.05) is 10.0 Å². The predicted molar refractivity (Wildman–Crippen MR) is 132 cm³/mol. The van der Waals surface area contributed by atoms with Crippen molar-refractivity contribution in [2.24, 2.45) is 0 Å². The van der Waals surface area contributed by atoms with Crippen LogP contribution in [-0.4, -0.2) is 17.8 Å². The molecular weight excluding hydrogens is 499 g/mol. The highest BCUT2D eigenvalue weighted by Gasteiger charge is 2.37. The highest BCUT2D eigenvalue weighted by molar-refractivity contribution is 6.40. The number of carbonyl (C=O) groups is 3. The standard InChI is InChI=1S/C25H17Cl3N2O4/c1-14-2-6-18(27)12-21(14)30-24(32)19(23(31)29-25(30)33)10-16-5-9-22(20(28)11-16)34-13-15-3-7-17(26)8-4-15/h2-12H,13H2,1H3,(H,29,31,33)/b19-10+. The van der Waals surface area contributed by atoms with Crippen LogP contribution in [0.3, 0.4) is 0 Å². The lowest BCUT2D eigenvalue weighted by atomic mass is 10.1. The summed E-state index contributed by atoms with van der Waals surface area (Å²) in [4.78, 5) is 38.9. The van der Waals surface area contributed by atoms with E-state index in [0.717, 1.165) is 10.5 Å². The predicted octanol–water partition coefficient (Wildman–Crippen LogP) is 6.20. The first kappa shape index (κ1) is 23.8. The van der Waals surface area contributed by atoms with Gasteiger partial charge in [0.2, 0.25) is 0 Å². The average molecular weight is 516 g/mol. The Bertz CT molecular complexity index is 1340. The fourth-order valence-electron chi connectivity index (χ4n) is 3.33. The van der Waals surface area contributed by atoms with E-state index in [1.165, 1.54) is 12.1 Å². The first-order valence-corrected chi connectivity index (χ1v) is 11.2. The number of carbonyl (C=O) groups excluding carboxylic acids is 3. The minimum absolute atomic E-state index is 0.218. The van der Waals surface area contributed by atoms with Crippen LogP contribution >= 0.6 is 34.8 Å². The highest BCUT2D eigenvalue weighted by Crippen LogP contribution is 2.30. The Morgan fingerprint density at radius 3 is 2.32 bits per heavy atom. The second-order valence-corrected chi connectivity index (χ2v) is 8.77. The molecule has 3 aromatic rings. The first-order chi connectivity index (χ1) is 16.2. The minimum atomic E-state index is -0.846. The molecule has 0 aliphatic carbocycles. The van der Waals surface area contributed by atoms with Gasteiger partial charge in [-0.25, -0.2) is 9.69 Å². The van der Waals surface area contributed by atoms with Crippen molar-refractivity contribution in [3.8, 4) is 5.75 Å². The lowest BCUT2D eigenvalue weighted by Gasteiger charge is -2.27. The molecule has 0 bridgehead atoms. The Labute approximate surface area is 210 Å². The first-order valence-electron chi connectivity index (χ1n) is 10.1. The van der Waals surface area contributed by atoms with Gasteiger partial charge in [0.05, 0.1) is 10.7 Å². The normalized spacial score (nSPS) is 15.0. The van der Waals surface area contributed by atoms with E-state index in [0.29, 0.717) is 31.9 Å². The zero-order chi connectivity index (χ0) is 24.4. The summed E-state index contributed by atoms with van der Waals surface area (Å²) in [5.74, 6) is -1.13. The number of rotatable bonds is 5. The molecular formula is C25H17Cl3N2O4. The molecule has 34 heavy (non-hydrogen) atoms. The molecule has 1 N–H and O–H groups in total. The molecule has 1 fully saturated rings. The van der Waals surface area contributed by atoms with Crippen molar-refractivity contribution in [2.45, 2.75) is 13.5 Å². The second kappa shape index (κ2) is 9.89. The van der Waals surface area contributed by atoms with Crippen LogP contribution in [0.15, 0.2) is 66.2 Å². The number of hydrogen-bond acceptors (Lipinski definition) is 4. The molecule has 0 radical (unpaired) electrons. The largest absolute Gasteiger partial charge is 0.487 e. The SMILES string of the molecule is Cc1ccc(Cl)cc1N1C(=O)NC(=O)/C(=C\c2ccc(OCc3ccc(Cl)cc3)c(Cl)c2)C1=O. The van der Waals surface area contributed by atoms with Gasteiger partial charge < -0.3 is 4.74 Å². The molecule has 4 rings (SSSR count). The summed E-state index contributed by atoms with van der Waals surface area (Å²) in [5, 5.41) is 3.47. The molecule has 6 nitrogen and oxygen atoms in total. The zero-order valence-corrected chi connectivity index (χ0v) is 20.0. The number of ether oxygens (including phenoxy) is 1. The van der Waals surface area contributed by atoms with Gasteiger partial charge in [-0.2, -0.15) is 0 Å². The fraction of sp³-hybridized carbons (Fsp3) is 0.0800. The van der Waals surface area contributed by atoms with Crippen molar-refractivity contribution in [1.82, 2.24) is 5.32 Å². The number of nitrogens with one attached hydrogen (secondary N) is 1. The number of imide groups is 2. The molecule has 0 spiro atoms. The number of amides is 4. The van der Waals surface area contributed by atoms with Crippen LogP contribution in [0, 0.1) is 6.92 Å². The van der Waals surface area contributed by atoms with E-state index >= 15 is 0 Å². The number of hydrogen-bond donors (Lipinski definition) is 1. The van der Waals surface area contributed by atoms with E-state index in [4.69, 9.17) is 39.5 Å². The lowest BCUT2D eigenvalue weighted by Crippen LogP contribution is -2.54. The van der Waals surface area contributed by atoms with E-state index in [9.17, 15) is 14.4 Å². The van der Waals surface area contributed by atoms with Gasteiger partial charge in [-0.05, 0) is 66.1 Å². The molecule has 0 saturated carbocycles. The number of aryl methyl sites for hydroxylation is 1. The summed E-state index contributed by atoms with van der Waals surface area (Å²) >= 11 is 18.3. The van der Waals surface area contributed by atoms with Crippen molar-refractivity contribution in [3.63, 3.8) is 0 Å². The van der Waals surface area contributed by atoms with E-state index in [1.807, 2.05) is 12.1 Å². The zero-order valence-electron chi connectivity index (χ0n) is 17.8. The van der Waals surface area contributed by atoms with Crippen LogP contribution in [0.1, 0.15) is 16.7 Å². The van der Waals surface area contributed by atoms with Crippen molar-refractivity contribution in [3.05, 3.63) is 98.0 Å². The number of urea groups is 1. The van der Waals surface area contributed by atoms with Crippen LogP contribution in [0.5, 0.6) is 5.75 Å². The second-order valence-electron chi connectivity index (χ2n) is 7.49. The van der Waals surface area contributed by atoms with Crippen LogP contribution in [0.4, 0.5) is 10.5 Å². The van der Waals surface area contributed by atoms with Gasteiger partial charge in [-0.15, -0.1) is 0 Å². The number of anilines is 1. The Kier molecular flexibility index (Phi) is 6.93. The Morgan fingerprint density at radius 1 is 0.912 bits per heavy atom. The van der Waals surface area contributed by atoms with Crippen LogP contribution in [-0.2, 0) is 16.2 Å². The van der Waals surface area contributed by atoms with Crippen LogP contribution in [0.2, 0.25) is 15.1 Å². The van der Waals surface area contributed by atoms with Gasteiger partial charge in [-0.1, -0.05) is 59.1 Å².